The number of ether oxygens (including phenoxy) is 1. The number of carbonyl (C=O) groups excluding carboxylic acids is 1. The molecule has 0 aliphatic rings. The first-order valence-electron chi connectivity index (χ1n) is 5.38. The Labute approximate surface area is 94.4 Å². The van der Waals surface area contributed by atoms with Gasteiger partial charge in [-0.05, 0) is 18.6 Å². The molecule has 0 saturated heterocycles. The molecule has 2 rings (SSSR count). The quantitative estimate of drug-likeness (QED) is 0.803. The number of benzene rings is 1. The van der Waals surface area contributed by atoms with Crippen LogP contribution in [0.5, 0.6) is 0 Å². The highest BCUT2D eigenvalue weighted by Crippen LogP contribution is 2.21. The van der Waals surface area contributed by atoms with E-state index in [1.165, 1.54) is 17.9 Å². The Morgan fingerprint density at radius 3 is 2.81 bits per heavy atom. The van der Waals surface area contributed by atoms with Crippen molar-refractivity contribution in [3.63, 3.8) is 0 Å². The monoisotopic (exact) mass is 217 g/mol. The molecule has 0 radical (unpaired) electrons. The van der Waals surface area contributed by atoms with Gasteiger partial charge in [0.15, 0.2) is 0 Å². The number of aromatic amines is 1. The van der Waals surface area contributed by atoms with E-state index < -0.39 is 0 Å². The van der Waals surface area contributed by atoms with E-state index in [-0.39, 0.29) is 5.97 Å². The summed E-state index contributed by atoms with van der Waals surface area (Å²) in [6.45, 7) is 3.95. The van der Waals surface area contributed by atoms with Gasteiger partial charge in [0.25, 0.3) is 0 Å². The van der Waals surface area contributed by atoms with E-state index in [4.69, 9.17) is 4.74 Å². The molecule has 0 aliphatic carbocycles. The van der Waals surface area contributed by atoms with Gasteiger partial charge in [0.2, 0.25) is 0 Å². The highest BCUT2D eigenvalue weighted by Gasteiger charge is 2.06. The molecule has 16 heavy (non-hydrogen) atoms. The number of hydrogen-bond acceptors (Lipinski definition) is 2. The number of aromatic nitrogens is 1. The second-order valence-electron chi connectivity index (χ2n) is 3.86. The fourth-order valence-corrected chi connectivity index (χ4v) is 1.88. The third kappa shape index (κ3) is 2.08. The van der Waals surface area contributed by atoms with E-state index in [9.17, 15) is 4.79 Å². The highest BCUT2D eigenvalue weighted by atomic mass is 16.5. The molecule has 0 bridgehead atoms. The lowest BCUT2D eigenvalue weighted by Gasteiger charge is -2.01. The molecular formula is C13H15NO2. The maximum Gasteiger partial charge on any atom is 0.302 e. The fourth-order valence-electron chi connectivity index (χ4n) is 1.88. The summed E-state index contributed by atoms with van der Waals surface area (Å²) in [5.41, 5.74) is 3.52. The number of carbonyl (C=O) groups is 1. The van der Waals surface area contributed by atoms with E-state index in [1.807, 2.05) is 12.1 Å². The van der Waals surface area contributed by atoms with Gasteiger partial charge in [0.1, 0.15) is 0 Å². The van der Waals surface area contributed by atoms with Crippen LogP contribution in [-0.4, -0.2) is 17.6 Å². The minimum atomic E-state index is -0.228. The Bertz CT molecular complexity index is 514. The maximum atomic E-state index is 10.7. The van der Waals surface area contributed by atoms with Crippen molar-refractivity contribution >= 4 is 16.9 Å². The molecule has 1 aromatic heterocycles. The number of nitrogens with one attached hydrogen (secondary N) is 1. The lowest BCUT2D eigenvalue weighted by atomic mass is 10.1. The van der Waals surface area contributed by atoms with Crippen LogP contribution in [0.1, 0.15) is 18.2 Å². The third-order valence-corrected chi connectivity index (χ3v) is 2.73. The second-order valence-corrected chi connectivity index (χ2v) is 3.86. The molecular weight excluding hydrogens is 202 g/mol. The van der Waals surface area contributed by atoms with Gasteiger partial charge in [-0.1, -0.05) is 18.2 Å². The van der Waals surface area contributed by atoms with Crippen molar-refractivity contribution in [1.29, 1.82) is 0 Å². The molecule has 0 saturated carbocycles. The second kappa shape index (κ2) is 4.39. The molecule has 0 aliphatic heterocycles. The third-order valence-electron chi connectivity index (χ3n) is 2.73. The van der Waals surface area contributed by atoms with Crippen molar-refractivity contribution in [2.75, 3.05) is 6.61 Å². The Morgan fingerprint density at radius 2 is 2.12 bits per heavy atom. The summed E-state index contributed by atoms with van der Waals surface area (Å²) in [6, 6.07) is 8.18. The Morgan fingerprint density at radius 1 is 1.38 bits per heavy atom. The summed E-state index contributed by atoms with van der Waals surface area (Å²) >= 11 is 0. The van der Waals surface area contributed by atoms with Gasteiger partial charge >= 0.3 is 5.97 Å². The largest absolute Gasteiger partial charge is 0.465 e. The minimum absolute atomic E-state index is 0.228. The van der Waals surface area contributed by atoms with Gasteiger partial charge in [-0.3, -0.25) is 4.79 Å². The number of fused-ring (bicyclic) bond motifs is 1. The smallest absolute Gasteiger partial charge is 0.302 e. The molecule has 84 valence electrons. The molecule has 0 fully saturated rings. The molecule has 1 heterocycles. The van der Waals surface area contributed by atoms with Crippen LogP contribution < -0.4 is 0 Å². The zero-order chi connectivity index (χ0) is 11.5. The average Bonchev–Trinajstić information content (AvgIpc) is 2.56. The lowest BCUT2D eigenvalue weighted by Crippen LogP contribution is -2.04. The lowest BCUT2D eigenvalue weighted by molar-refractivity contribution is -0.140. The SMILES string of the molecule is CC(=O)OCCc1[nH]c2ccccc2c1C. The van der Waals surface area contributed by atoms with Crippen molar-refractivity contribution in [3.8, 4) is 0 Å². The molecule has 0 amide bonds. The predicted octanol–water partition coefficient (Wildman–Crippen LogP) is 2.58. The standard InChI is InChI=1S/C13H15NO2/c1-9-11-5-3-4-6-13(11)14-12(9)7-8-16-10(2)15/h3-6,14H,7-8H2,1-2H3. The van der Waals surface area contributed by atoms with E-state index in [0.29, 0.717) is 6.61 Å². The van der Waals surface area contributed by atoms with E-state index in [0.717, 1.165) is 17.6 Å². The number of H-pyrrole nitrogens is 1. The predicted molar refractivity (Wildman–Crippen MR) is 63.4 cm³/mol. The topological polar surface area (TPSA) is 42.1 Å². The van der Waals surface area contributed by atoms with Crippen molar-refractivity contribution in [2.45, 2.75) is 20.3 Å². The van der Waals surface area contributed by atoms with Crippen LogP contribution in [0.4, 0.5) is 0 Å². The summed E-state index contributed by atoms with van der Waals surface area (Å²) in [4.78, 5) is 14.0. The minimum Gasteiger partial charge on any atom is -0.465 e. The summed E-state index contributed by atoms with van der Waals surface area (Å²) in [5, 5.41) is 1.24. The molecule has 0 atom stereocenters. The van der Waals surface area contributed by atoms with Crippen molar-refractivity contribution in [1.82, 2.24) is 4.98 Å². The summed E-state index contributed by atoms with van der Waals surface area (Å²) in [5.74, 6) is -0.228. The number of hydrogen-bond donors (Lipinski definition) is 1. The first-order valence-corrected chi connectivity index (χ1v) is 5.38. The zero-order valence-electron chi connectivity index (χ0n) is 9.54. The number of rotatable bonds is 3. The molecule has 3 nitrogen and oxygen atoms in total. The Balaban J connectivity index is 2.18. The number of para-hydroxylation sites is 1. The van der Waals surface area contributed by atoms with Gasteiger partial charge in [0.05, 0.1) is 6.61 Å². The first-order chi connectivity index (χ1) is 7.68. The molecule has 1 aromatic carbocycles. The maximum absolute atomic E-state index is 10.7. The highest BCUT2D eigenvalue weighted by molar-refractivity contribution is 5.84. The van der Waals surface area contributed by atoms with Crippen molar-refractivity contribution < 1.29 is 9.53 Å². The zero-order valence-corrected chi connectivity index (χ0v) is 9.54. The van der Waals surface area contributed by atoms with Gasteiger partial charge in [0, 0.05) is 29.9 Å². The number of esters is 1. The van der Waals surface area contributed by atoms with E-state index in [2.05, 4.69) is 24.0 Å². The normalized spacial score (nSPS) is 10.6. The molecule has 2 aromatic rings. The molecule has 1 N–H and O–H groups in total. The summed E-state index contributed by atoms with van der Waals surface area (Å²) in [7, 11) is 0. The van der Waals surface area contributed by atoms with Crippen LogP contribution in [-0.2, 0) is 16.0 Å². The molecule has 3 heteroatoms. The molecule has 0 spiro atoms. The van der Waals surface area contributed by atoms with Crippen molar-refractivity contribution in [3.05, 3.63) is 35.5 Å². The Hall–Kier alpha value is -1.77. The average molecular weight is 217 g/mol. The van der Waals surface area contributed by atoms with Gasteiger partial charge in [-0.25, -0.2) is 0 Å². The fraction of sp³-hybridized carbons (Fsp3) is 0.308. The van der Waals surface area contributed by atoms with Crippen LogP contribution in [0.2, 0.25) is 0 Å². The summed E-state index contributed by atoms with van der Waals surface area (Å²) in [6.07, 6.45) is 0.736. The van der Waals surface area contributed by atoms with Gasteiger partial charge in [-0.15, -0.1) is 0 Å². The molecule has 0 unspecified atom stereocenters. The summed E-state index contributed by atoms with van der Waals surface area (Å²) < 4.78 is 4.94. The van der Waals surface area contributed by atoms with Gasteiger partial charge in [-0.2, -0.15) is 0 Å². The van der Waals surface area contributed by atoms with Crippen LogP contribution in [0.15, 0.2) is 24.3 Å². The van der Waals surface area contributed by atoms with Crippen LogP contribution in [0, 0.1) is 6.92 Å². The van der Waals surface area contributed by atoms with Crippen LogP contribution in [0.3, 0.4) is 0 Å². The van der Waals surface area contributed by atoms with E-state index >= 15 is 0 Å². The Kier molecular flexibility index (Phi) is 2.95. The van der Waals surface area contributed by atoms with Crippen LogP contribution >= 0.6 is 0 Å². The van der Waals surface area contributed by atoms with Crippen molar-refractivity contribution in [2.24, 2.45) is 0 Å². The first kappa shape index (κ1) is 10.7. The van der Waals surface area contributed by atoms with E-state index in [1.54, 1.807) is 0 Å². The number of aryl methyl sites for hydroxylation is 1. The van der Waals surface area contributed by atoms with Crippen LogP contribution in [0.25, 0.3) is 10.9 Å². The van der Waals surface area contributed by atoms with Gasteiger partial charge < -0.3 is 9.72 Å².